The van der Waals surface area contributed by atoms with Crippen LogP contribution in [-0.4, -0.2) is 24.9 Å². The normalized spacial score (nSPS) is 24.6. The molecule has 0 amide bonds. The summed E-state index contributed by atoms with van der Waals surface area (Å²) >= 11 is 0. The van der Waals surface area contributed by atoms with E-state index in [1.54, 1.807) is 0 Å². The summed E-state index contributed by atoms with van der Waals surface area (Å²) in [7, 11) is -3.57. The summed E-state index contributed by atoms with van der Waals surface area (Å²) in [5.41, 5.74) is 0. The zero-order chi connectivity index (χ0) is 9.35. The molecule has 0 heterocycles. The van der Waals surface area contributed by atoms with Gasteiger partial charge in [0.1, 0.15) is 0 Å². The van der Waals surface area contributed by atoms with Gasteiger partial charge in [-0.1, -0.05) is 6.42 Å². The van der Waals surface area contributed by atoms with Crippen LogP contribution in [0.4, 0.5) is 0 Å². The molecule has 1 fully saturated rings. The van der Waals surface area contributed by atoms with E-state index in [-0.39, 0.29) is 5.92 Å². The van der Waals surface area contributed by atoms with Crippen molar-refractivity contribution in [2.45, 2.75) is 37.5 Å². The lowest BCUT2D eigenvalue weighted by Gasteiger charge is -2.32. The van der Waals surface area contributed by atoms with E-state index in [1.807, 2.05) is 0 Å². The van der Waals surface area contributed by atoms with Crippen molar-refractivity contribution in [3.8, 4) is 0 Å². The van der Waals surface area contributed by atoms with Gasteiger partial charge in [-0.25, -0.2) is 13.6 Å². The summed E-state index contributed by atoms with van der Waals surface area (Å²) in [6, 6.07) is 0. The number of hydrogen-bond acceptors (Lipinski definition) is 3. The lowest BCUT2D eigenvalue weighted by atomic mass is 9.80. The fraction of sp³-hybridized carbons (Fsp3) is 1.00. The first-order chi connectivity index (χ1) is 5.43. The van der Waals surface area contributed by atoms with Gasteiger partial charge in [-0.2, -0.15) is 0 Å². The number of aliphatic hydroxyl groups excluding tert-OH is 1. The summed E-state index contributed by atoms with van der Waals surface area (Å²) in [5, 5.41) is 13.6. The van der Waals surface area contributed by atoms with Crippen molar-refractivity contribution in [2.24, 2.45) is 11.1 Å². The zero-order valence-corrected chi connectivity index (χ0v) is 7.92. The van der Waals surface area contributed by atoms with Gasteiger partial charge >= 0.3 is 0 Å². The first kappa shape index (κ1) is 9.95. The first-order valence-electron chi connectivity index (χ1n) is 4.12. The fourth-order valence-electron chi connectivity index (χ4n) is 1.36. The molecule has 3 N–H and O–H groups in total. The number of aliphatic hydroxyl groups is 1. The molecule has 0 unspecified atom stereocenters. The van der Waals surface area contributed by atoms with Crippen molar-refractivity contribution in [2.75, 3.05) is 0 Å². The molecular weight excluding hydrogens is 178 g/mol. The Morgan fingerprint density at radius 1 is 1.50 bits per heavy atom. The third-order valence-corrected chi connectivity index (χ3v) is 3.95. The van der Waals surface area contributed by atoms with Crippen molar-refractivity contribution >= 4 is 10.0 Å². The van der Waals surface area contributed by atoms with Gasteiger partial charge in [0.2, 0.25) is 10.0 Å². The van der Waals surface area contributed by atoms with Crippen LogP contribution in [-0.2, 0) is 10.0 Å². The number of hydrogen-bond donors (Lipinski definition) is 2. The van der Waals surface area contributed by atoms with Crippen LogP contribution < -0.4 is 5.14 Å². The van der Waals surface area contributed by atoms with E-state index in [0.717, 1.165) is 19.3 Å². The number of nitrogens with two attached hydrogens (primary N) is 1. The molecule has 0 spiro atoms. The highest BCUT2D eigenvalue weighted by Gasteiger charge is 2.34. The molecule has 1 saturated carbocycles. The highest BCUT2D eigenvalue weighted by molar-refractivity contribution is 7.89. The van der Waals surface area contributed by atoms with Crippen LogP contribution in [0.5, 0.6) is 0 Å². The maximum absolute atomic E-state index is 10.8. The Morgan fingerprint density at radius 3 is 2.25 bits per heavy atom. The lowest BCUT2D eigenvalue weighted by Crippen LogP contribution is -2.42. The topological polar surface area (TPSA) is 80.4 Å². The fourth-order valence-corrected chi connectivity index (χ4v) is 1.97. The van der Waals surface area contributed by atoms with E-state index in [4.69, 9.17) is 5.14 Å². The minimum atomic E-state index is -3.57. The van der Waals surface area contributed by atoms with Gasteiger partial charge < -0.3 is 5.11 Å². The second-order valence-corrected chi connectivity index (χ2v) is 5.40. The van der Waals surface area contributed by atoms with Gasteiger partial charge in [0.05, 0.1) is 11.4 Å². The summed E-state index contributed by atoms with van der Waals surface area (Å²) in [6.45, 7) is 1.46. The second-order valence-electron chi connectivity index (χ2n) is 3.48. The zero-order valence-electron chi connectivity index (χ0n) is 7.10. The Hall–Kier alpha value is -0.130. The maximum atomic E-state index is 10.8. The Labute approximate surface area is 72.8 Å². The van der Waals surface area contributed by atoms with Gasteiger partial charge in [0.25, 0.3) is 0 Å². The molecule has 5 heteroatoms. The third-order valence-electron chi connectivity index (χ3n) is 2.63. The summed E-state index contributed by atoms with van der Waals surface area (Å²) in [6.07, 6.45) is 2.13. The van der Waals surface area contributed by atoms with Crippen molar-refractivity contribution in [1.82, 2.24) is 0 Å². The minimum absolute atomic E-state index is 0.137. The van der Waals surface area contributed by atoms with Crippen LogP contribution in [0.3, 0.4) is 0 Å². The van der Waals surface area contributed by atoms with Crippen molar-refractivity contribution < 1.29 is 13.5 Å². The van der Waals surface area contributed by atoms with Gasteiger partial charge in [-0.3, -0.25) is 0 Å². The monoisotopic (exact) mass is 193 g/mol. The smallest absolute Gasteiger partial charge is 0.214 e. The molecule has 12 heavy (non-hydrogen) atoms. The van der Waals surface area contributed by atoms with Gasteiger partial charge in [0, 0.05) is 0 Å². The molecule has 0 aliphatic heterocycles. The molecule has 0 bridgehead atoms. The molecule has 0 saturated heterocycles. The molecular formula is C7H15NO3S. The van der Waals surface area contributed by atoms with E-state index in [1.165, 1.54) is 6.92 Å². The molecule has 1 aliphatic rings. The van der Waals surface area contributed by atoms with Crippen molar-refractivity contribution in [1.29, 1.82) is 0 Å². The van der Waals surface area contributed by atoms with Gasteiger partial charge in [-0.15, -0.1) is 0 Å². The summed E-state index contributed by atoms with van der Waals surface area (Å²) in [4.78, 5) is 0. The Bertz CT molecular complexity index is 245. The van der Waals surface area contributed by atoms with Crippen LogP contribution in [0.2, 0.25) is 0 Å². The second kappa shape index (κ2) is 3.32. The number of rotatable bonds is 3. The summed E-state index contributed by atoms with van der Waals surface area (Å²) in [5.74, 6) is 0.137. The quantitative estimate of drug-likeness (QED) is 0.652. The molecule has 0 aromatic heterocycles. The average Bonchev–Trinajstić information content (AvgIpc) is 1.79. The van der Waals surface area contributed by atoms with Crippen LogP contribution in [0.25, 0.3) is 0 Å². The standard InChI is InChI=1S/C7H15NO3S/c1-5(12(8,10)11)7(9)6-3-2-4-6/h5-7,9H,2-4H2,1H3,(H2,8,10,11)/t5-,7+/m1/s1. The lowest BCUT2D eigenvalue weighted by molar-refractivity contribution is 0.0621. The van der Waals surface area contributed by atoms with Crippen LogP contribution in [0, 0.1) is 5.92 Å². The molecule has 0 radical (unpaired) electrons. The van der Waals surface area contributed by atoms with Gasteiger partial charge in [0.15, 0.2) is 0 Å². The molecule has 0 aromatic rings. The molecule has 1 rings (SSSR count). The number of sulfonamides is 1. The highest BCUT2D eigenvalue weighted by Crippen LogP contribution is 2.31. The highest BCUT2D eigenvalue weighted by atomic mass is 32.2. The van der Waals surface area contributed by atoms with E-state index >= 15 is 0 Å². The van der Waals surface area contributed by atoms with E-state index in [2.05, 4.69) is 0 Å². The molecule has 0 aromatic carbocycles. The average molecular weight is 193 g/mol. The Balaban J connectivity index is 2.57. The Morgan fingerprint density at radius 2 is 2.00 bits per heavy atom. The predicted molar refractivity (Wildman–Crippen MR) is 45.9 cm³/mol. The van der Waals surface area contributed by atoms with E-state index < -0.39 is 21.4 Å². The molecule has 1 aliphatic carbocycles. The van der Waals surface area contributed by atoms with E-state index in [9.17, 15) is 13.5 Å². The van der Waals surface area contributed by atoms with E-state index in [0.29, 0.717) is 0 Å². The SMILES string of the molecule is C[C@H]([C@H](O)C1CCC1)S(N)(=O)=O. The van der Waals surface area contributed by atoms with Crippen molar-refractivity contribution in [3.05, 3.63) is 0 Å². The van der Waals surface area contributed by atoms with Crippen molar-refractivity contribution in [3.63, 3.8) is 0 Å². The maximum Gasteiger partial charge on any atom is 0.214 e. The molecule has 72 valence electrons. The molecule has 2 atom stereocenters. The van der Waals surface area contributed by atoms with Gasteiger partial charge in [-0.05, 0) is 25.7 Å². The predicted octanol–water partition coefficient (Wildman–Crippen LogP) is -0.176. The summed E-state index contributed by atoms with van der Waals surface area (Å²) < 4.78 is 21.7. The molecule has 4 nitrogen and oxygen atoms in total. The number of primary sulfonamides is 1. The third kappa shape index (κ3) is 1.97. The largest absolute Gasteiger partial charge is 0.391 e. The first-order valence-corrected chi connectivity index (χ1v) is 5.73. The van der Waals surface area contributed by atoms with Crippen LogP contribution in [0.1, 0.15) is 26.2 Å². The minimum Gasteiger partial charge on any atom is -0.391 e. The van der Waals surface area contributed by atoms with Crippen LogP contribution >= 0.6 is 0 Å². The Kier molecular flexibility index (Phi) is 2.75. The van der Waals surface area contributed by atoms with Crippen LogP contribution in [0.15, 0.2) is 0 Å².